The van der Waals surface area contributed by atoms with Crippen LogP contribution in [0.15, 0.2) is 4.99 Å². The maximum atomic E-state index is 11.6. The van der Waals surface area contributed by atoms with Crippen LogP contribution in [0.4, 0.5) is 0 Å². The summed E-state index contributed by atoms with van der Waals surface area (Å²) >= 11 is 0. The molecule has 0 aromatic rings. The lowest BCUT2D eigenvalue weighted by Gasteiger charge is -2.40. The molecule has 0 bridgehead atoms. The Morgan fingerprint density at radius 1 is 1.55 bits per heavy atom. The Hall–Kier alpha value is -1.26. The first kappa shape index (κ1) is 13.7. The van der Waals surface area contributed by atoms with Crippen LogP contribution in [0.5, 0.6) is 0 Å². The number of hydrogen-bond donors (Lipinski definition) is 2. The monoisotopic (exact) mass is 278 g/mol. The van der Waals surface area contributed by atoms with E-state index in [9.17, 15) is 4.79 Å². The van der Waals surface area contributed by atoms with Crippen molar-refractivity contribution in [3.05, 3.63) is 0 Å². The Morgan fingerprint density at radius 2 is 2.40 bits per heavy atom. The predicted octanol–water partition coefficient (Wildman–Crippen LogP) is 0.964. The standard InChI is InChI=1S/C15H26N4O/c1-2-16-14(17-9-12-4-5-12)19-7-3-6-15(11-19)8-13(20)18-10-15/h12H,2-11H2,1H3,(H,16,17)(H,18,20). The van der Waals surface area contributed by atoms with Crippen LogP contribution in [-0.2, 0) is 4.79 Å². The topological polar surface area (TPSA) is 56.7 Å². The Labute approximate surface area is 121 Å². The molecule has 0 radical (unpaired) electrons. The second-order valence-corrected chi connectivity index (χ2v) is 6.62. The molecule has 1 saturated carbocycles. The summed E-state index contributed by atoms with van der Waals surface area (Å²) in [5.41, 5.74) is 0.144. The third-order valence-electron chi connectivity index (χ3n) is 4.69. The molecule has 2 saturated heterocycles. The van der Waals surface area contributed by atoms with Gasteiger partial charge < -0.3 is 15.5 Å². The lowest BCUT2D eigenvalue weighted by atomic mass is 9.79. The summed E-state index contributed by atoms with van der Waals surface area (Å²) in [7, 11) is 0. The van der Waals surface area contributed by atoms with Crippen molar-refractivity contribution in [2.24, 2.45) is 16.3 Å². The van der Waals surface area contributed by atoms with Gasteiger partial charge in [-0.25, -0.2) is 0 Å². The van der Waals surface area contributed by atoms with Crippen molar-refractivity contribution in [2.75, 3.05) is 32.7 Å². The molecule has 3 aliphatic rings. The summed E-state index contributed by atoms with van der Waals surface area (Å²) in [6.07, 6.45) is 5.68. The highest BCUT2D eigenvalue weighted by Gasteiger charge is 2.42. The minimum absolute atomic E-state index is 0.144. The number of piperidine rings is 1. The first-order chi connectivity index (χ1) is 9.71. The molecular formula is C15H26N4O. The number of carbonyl (C=O) groups is 1. The van der Waals surface area contributed by atoms with Gasteiger partial charge in [0.25, 0.3) is 0 Å². The van der Waals surface area contributed by atoms with Gasteiger partial charge >= 0.3 is 0 Å². The first-order valence-corrected chi connectivity index (χ1v) is 8.01. The van der Waals surface area contributed by atoms with Crippen LogP contribution in [0, 0.1) is 11.3 Å². The number of likely N-dealkylation sites (tertiary alicyclic amines) is 1. The minimum Gasteiger partial charge on any atom is -0.357 e. The molecule has 2 aliphatic heterocycles. The molecule has 2 N–H and O–H groups in total. The zero-order valence-corrected chi connectivity index (χ0v) is 12.5. The summed E-state index contributed by atoms with van der Waals surface area (Å²) in [5.74, 6) is 2.08. The maximum Gasteiger partial charge on any atom is 0.220 e. The summed E-state index contributed by atoms with van der Waals surface area (Å²) in [4.78, 5) is 18.7. The van der Waals surface area contributed by atoms with Gasteiger partial charge in [-0.1, -0.05) is 0 Å². The molecule has 112 valence electrons. The fraction of sp³-hybridized carbons (Fsp3) is 0.867. The Morgan fingerprint density at radius 3 is 3.05 bits per heavy atom. The summed E-state index contributed by atoms with van der Waals surface area (Å²) in [5, 5.41) is 6.43. The third kappa shape index (κ3) is 3.07. The number of amides is 1. The van der Waals surface area contributed by atoms with E-state index in [1.165, 1.54) is 12.8 Å². The highest BCUT2D eigenvalue weighted by atomic mass is 16.1. The zero-order valence-electron chi connectivity index (χ0n) is 12.5. The fourth-order valence-corrected chi connectivity index (χ4v) is 3.37. The van der Waals surface area contributed by atoms with E-state index >= 15 is 0 Å². The fourth-order valence-electron chi connectivity index (χ4n) is 3.37. The molecule has 5 nitrogen and oxygen atoms in total. The molecular weight excluding hydrogens is 252 g/mol. The average Bonchev–Trinajstić information content (AvgIpc) is 3.20. The van der Waals surface area contributed by atoms with Crippen LogP contribution in [-0.4, -0.2) is 49.5 Å². The summed E-state index contributed by atoms with van der Waals surface area (Å²) in [6.45, 7) is 6.85. The van der Waals surface area contributed by atoms with Gasteiger partial charge in [0.1, 0.15) is 0 Å². The van der Waals surface area contributed by atoms with Crippen molar-refractivity contribution in [1.82, 2.24) is 15.5 Å². The van der Waals surface area contributed by atoms with E-state index in [-0.39, 0.29) is 11.3 Å². The Balaban J connectivity index is 1.66. The second kappa shape index (κ2) is 5.62. The van der Waals surface area contributed by atoms with E-state index in [4.69, 9.17) is 4.99 Å². The molecule has 20 heavy (non-hydrogen) atoms. The maximum absolute atomic E-state index is 11.6. The molecule has 1 aliphatic carbocycles. The largest absolute Gasteiger partial charge is 0.357 e. The number of guanidine groups is 1. The number of nitrogens with one attached hydrogen (secondary N) is 2. The van der Waals surface area contributed by atoms with Gasteiger partial charge in [0.15, 0.2) is 5.96 Å². The second-order valence-electron chi connectivity index (χ2n) is 6.62. The number of carbonyl (C=O) groups excluding carboxylic acids is 1. The average molecular weight is 278 g/mol. The number of aliphatic imine (C=N–C) groups is 1. The van der Waals surface area contributed by atoms with Gasteiger partial charge in [-0.15, -0.1) is 0 Å². The van der Waals surface area contributed by atoms with Gasteiger partial charge in [0.05, 0.1) is 0 Å². The molecule has 3 fully saturated rings. The van der Waals surface area contributed by atoms with Gasteiger partial charge in [0.2, 0.25) is 5.91 Å². The minimum atomic E-state index is 0.144. The zero-order chi connectivity index (χ0) is 14.0. The molecule has 1 spiro atoms. The first-order valence-electron chi connectivity index (χ1n) is 8.01. The van der Waals surface area contributed by atoms with E-state index < -0.39 is 0 Å². The van der Waals surface area contributed by atoms with Gasteiger partial charge in [-0.2, -0.15) is 0 Å². The van der Waals surface area contributed by atoms with Crippen LogP contribution in [0.25, 0.3) is 0 Å². The molecule has 2 heterocycles. The number of nitrogens with zero attached hydrogens (tertiary/aromatic N) is 2. The number of hydrogen-bond acceptors (Lipinski definition) is 2. The smallest absolute Gasteiger partial charge is 0.220 e. The molecule has 1 unspecified atom stereocenters. The Kier molecular flexibility index (Phi) is 3.85. The normalized spacial score (nSPS) is 30.8. The van der Waals surface area contributed by atoms with E-state index in [0.717, 1.165) is 57.4 Å². The van der Waals surface area contributed by atoms with Crippen LogP contribution in [0.3, 0.4) is 0 Å². The van der Waals surface area contributed by atoms with Crippen molar-refractivity contribution < 1.29 is 4.79 Å². The quantitative estimate of drug-likeness (QED) is 0.597. The van der Waals surface area contributed by atoms with E-state index in [1.54, 1.807) is 0 Å². The lowest BCUT2D eigenvalue weighted by Crippen LogP contribution is -2.51. The van der Waals surface area contributed by atoms with Gasteiger partial charge in [-0.05, 0) is 38.5 Å². The highest BCUT2D eigenvalue weighted by Crippen LogP contribution is 2.36. The lowest BCUT2D eigenvalue weighted by molar-refractivity contribution is -0.119. The molecule has 0 aromatic heterocycles. The molecule has 5 heteroatoms. The van der Waals surface area contributed by atoms with Crippen LogP contribution in [0.1, 0.15) is 39.0 Å². The molecule has 1 amide bonds. The van der Waals surface area contributed by atoms with E-state index in [0.29, 0.717) is 6.42 Å². The van der Waals surface area contributed by atoms with Crippen LogP contribution in [0.2, 0.25) is 0 Å². The SMILES string of the molecule is CCNC(=NCC1CC1)N1CCCC2(CNC(=O)C2)C1. The highest BCUT2D eigenvalue weighted by molar-refractivity contribution is 5.81. The van der Waals surface area contributed by atoms with Crippen molar-refractivity contribution in [3.63, 3.8) is 0 Å². The molecule has 1 atom stereocenters. The van der Waals surface area contributed by atoms with E-state index in [2.05, 4.69) is 22.5 Å². The van der Waals surface area contributed by atoms with Crippen molar-refractivity contribution in [1.29, 1.82) is 0 Å². The van der Waals surface area contributed by atoms with Crippen LogP contribution >= 0.6 is 0 Å². The van der Waals surface area contributed by atoms with Crippen molar-refractivity contribution >= 4 is 11.9 Å². The van der Waals surface area contributed by atoms with Crippen LogP contribution < -0.4 is 10.6 Å². The summed E-state index contributed by atoms with van der Waals surface area (Å²) in [6, 6.07) is 0. The van der Waals surface area contributed by atoms with E-state index in [1.807, 2.05) is 0 Å². The van der Waals surface area contributed by atoms with Gasteiger partial charge in [0, 0.05) is 44.6 Å². The summed E-state index contributed by atoms with van der Waals surface area (Å²) < 4.78 is 0. The van der Waals surface area contributed by atoms with Crippen molar-refractivity contribution in [3.8, 4) is 0 Å². The molecule has 0 aromatic carbocycles. The predicted molar refractivity (Wildman–Crippen MR) is 79.6 cm³/mol. The Bertz CT molecular complexity index is 405. The van der Waals surface area contributed by atoms with Gasteiger partial charge in [-0.3, -0.25) is 9.79 Å². The molecule has 3 rings (SSSR count). The number of rotatable bonds is 3. The van der Waals surface area contributed by atoms with Crippen molar-refractivity contribution in [2.45, 2.75) is 39.0 Å². The third-order valence-corrected chi connectivity index (χ3v) is 4.69.